The summed E-state index contributed by atoms with van der Waals surface area (Å²) < 4.78 is 21.7. The number of ether oxygens (including phenoxy) is 2. The van der Waals surface area contributed by atoms with Gasteiger partial charge in [-0.3, -0.25) is 0 Å². The quantitative estimate of drug-likeness (QED) is 0.134. The van der Waals surface area contributed by atoms with E-state index in [4.69, 9.17) is 13.9 Å². The van der Waals surface area contributed by atoms with Gasteiger partial charge in [0.2, 0.25) is 0 Å². The minimum atomic E-state index is -1.75. The van der Waals surface area contributed by atoms with Crippen LogP contribution in [0.1, 0.15) is 55.1 Å². The Balaban J connectivity index is 1.35. The Morgan fingerprint density at radius 2 is 1.32 bits per heavy atom. The molecule has 0 saturated heterocycles. The van der Waals surface area contributed by atoms with Crippen LogP contribution in [0.4, 0.5) is 5.69 Å². The minimum Gasteiger partial charge on any atom is -0.415 e. The minimum absolute atomic E-state index is 0.221. The highest BCUT2D eigenvalue weighted by Crippen LogP contribution is 2.38. The Hall–Kier alpha value is -3.16. The van der Waals surface area contributed by atoms with Crippen LogP contribution in [0, 0.1) is 0 Å². The van der Waals surface area contributed by atoms with Gasteiger partial charge in [-0.25, -0.2) is 0 Å². The highest BCUT2D eigenvalue weighted by atomic mass is 28.4. The monoisotopic (exact) mass is 610 g/mol. The smallest absolute Gasteiger partial charge is 0.192 e. The van der Waals surface area contributed by atoms with E-state index in [0.29, 0.717) is 26.4 Å². The molecule has 44 heavy (non-hydrogen) atoms. The molecule has 1 aromatic heterocycles. The first-order valence-electron chi connectivity index (χ1n) is 16.1. The summed E-state index contributed by atoms with van der Waals surface area (Å²) in [5, 5.41) is 0.221. The van der Waals surface area contributed by atoms with Crippen molar-refractivity contribution in [2.24, 2.45) is 0 Å². The number of likely N-dealkylation sites (N-methyl/N-ethyl adjacent to an activating group) is 1. The van der Waals surface area contributed by atoms with Gasteiger partial charge in [-0.1, -0.05) is 93.6 Å². The molecule has 0 amide bonds. The fourth-order valence-electron chi connectivity index (χ4n) is 5.72. The van der Waals surface area contributed by atoms with Crippen molar-refractivity contribution in [2.75, 3.05) is 25.1 Å². The molecule has 0 spiro atoms. The Morgan fingerprint density at radius 1 is 0.750 bits per heavy atom. The van der Waals surface area contributed by atoms with Crippen molar-refractivity contribution in [2.45, 2.75) is 84.7 Å². The molecule has 0 fully saturated rings. The molecule has 2 heterocycles. The Labute approximate surface area is 265 Å². The number of aromatic nitrogens is 1. The number of hydrogen-bond donors (Lipinski definition) is 0. The van der Waals surface area contributed by atoms with Crippen LogP contribution in [-0.2, 0) is 53.3 Å². The SMILES string of the molecule is CN(CCO[Si](C)(C)C(C)(C)C)c1ccc(-c2c(COCc3ccccc3)c(COCc3ccccc3)c3n2CCC3)cc1. The predicted octanol–water partition coefficient (Wildman–Crippen LogP) is 8.99. The van der Waals surface area contributed by atoms with Gasteiger partial charge in [-0.05, 0) is 59.8 Å². The van der Waals surface area contributed by atoms with Crippen LogP contribution in [0.15, 0.2) is 84.9 Å². The lowest BCUT2D eigenvalue weighted by Gasteiger charge is -2.36. The van der Waals surface area contributed by atoms with Gasteiger partial charge in [0.1, 0.15) is 0 Å². The van der Waals surface area contributed by atoms with Gasteiger partial charge in [0.05, 0.1) is 38.7 Å². The van der Waals surface area contributed by atoms with Gasteiger partial charge in [0.15, 0.2) is 8.32 Å². The summed E-state index contributed by atoms with van der Waals surface area (Å²) in [5.74, 6) is 0. The van der Waals surface area contributed by atoms with Crippen LogP contribution < -0.4 is 4.90 Å². The topological polar surface area (TPSA) is 35.9 Å². The summed E-state index contributed by atoms with van der Waals surface area (Å²) in [6, 6.07) is 29.9. The van der Waals surface area contributed by atoms with E-state index in [1.165, 1.54) is 44.9 Å². The van der Waals surface area contributed by atoms with E-state index in [1.807, 2.05) is 12.1 Å². The number of fused-ring (bicyclic) bond motifs is 1. The highest BCUT2D eigenvalue weighted by Gasteiger charge is 2.37. The Bertz CT molecular complexity index is 1470. The zero-order chi connectivity index (χ0) is 31.2. The van der Waals surface area contributed by atoms with Crippen molar-refractivity contribution in [3.05, 3.63) is 113 Å². The van der Waals surface area contributed by atoms with Crippen molar-refractivity contribution in [3.8, 4) is 11.3 Å². The molecule has 234 valence electrons. The Morgan fingerprint density at radius 3 is 1.89 bits per heavy atom. The molecule has 4 aromatic rings. The van der Waals surface area contributed by atoms with Gasteiger partial charge < -0.3 is 23.4 Å². The maximum absolute atomic E-state index is 6.45. The van der Waals surface area contributed by atoms with Crippen molar-refractivity contribution in [1.82, 2.24) is 4.57 Å². The van der Waals surface area contributed by atoms with Gasteiger partial charge in [-0.2, -0.15) is 0 Å². The summed E-state index contributed by atoms with van der Waals surface area (Å²) in [6.45, 7) is 16.5. The summed E-state index contributed by atoms with van der Waals surface area (Å²) in [4.78, 5) is 2.30. The molecule has 0 unspecified atom stereocenters. The van der Waals surface area contributed by atoms with Crippen LogP contribution >= 0.6 is 0 Å². The first kappa shape index (κ1) is 32.2. The van der Waals surface area contributed by atoms with Crippen molar-refractivity contribution < 1.29 is 13.9 Å². The van der Waals surface area contributed by atoms with E-state index in [9.17, 15) is 0 Å². The van der Waals surface area contributed by atoms with Crippen molar-refractivity contribution in [1.29, 1.82) is 0 Å². The number of rotatable bonds is 14. The predicted molar refractivity (Wildman–Crippen MR) is 184 cm³/mol. The average molecular weight is 611 g/mol. The third-order valence-electron chi connectivity index (χ3n) is 9.38. The molecule has 1 aliphatic rings. The lowest BCUT2D eigenvalue weighted by molar-refractivity contribution is 0.0938. The van der Waals surface area contributed by atoms with E-state index in [0.717, 1.165) is 32.5 Å². The third kappa shape index (κ3) is 7.73. The molecule has 5 rings (SSSR count). The number of hydrogen-bond acceptors (Lipinski definition) is 4. The van der Waals surface area contributed by atoms with Crippen LogP contribution in [0.3, 0.4) is 0 Å². The van der Waals surface area contributed by atoms with E-state index in [2.05, 4.69) is 123 Å². The first-order valence-corrected chi connectivity index (χ1v) is 19.0. The largest absolute Gasteiger partial charge is 0.415 e. The van der Waals surface area contributed by atoms with Gasteiger partial charge >= 0.3 is 0 Å². The summed E-state index contributed by atoms with van der Waals surface area (Å²) in [6.07, 6.45) is 2.24. The second kappa shape index (κ2) is 14.3. The van der Waals surface area contributed by atoms with Gasteiger partial charge in [-0.15, -0.1) is 0 Å². The highest BCUT2D eigenvalue weighted by molar-refractivity contribution is 6.74. The zero-order valence-electron chi connectivity index (χ0n) is 27.6. The zero-order valence-corrected chi connectivity index (χ0v) is 28.6. The van der Waals surface area contributed by atoms with Gasteiger partial charge in [0.25, 0.3) is 0 Å². The molecular weight excluding hydrogens is 561 g/mol. The molecule has 6 heteroatoms. The molecule has 3 aromatic carbocycles. The van der Waals surface area contributed by atoms with Crippen molar-refractivity contribution >= 4 is 14.0 Å². The van der Waals surface area contributed by atoms with Crippen LogP contribution in [0.5, 0.6) is 0 Å². The summed E-state index contributed by atoms with van der Waals surface area (Å²) in [5.41, 5.74) is 10.0. The number of nitrogens with zero attached hydrogens (tertiary/aromatic N) is 2. The summed E-state index contributed by atoms with van der Waals surface area (Å²) >= 11 is 0. The number of anilines is 1. The fourth-order valence-corrected chi connectivity index (χ4v) is 6.75. The standard InChI is InChI=1S/C38H50N2O3Si/c1-38(2,3)44(5,6)43-25-24-39(4)33-21-19-32(20-22-33)37-35(29-42-27-31-16-11-8-12-17-31)34(36-18-13-23-40(36)37)28-41-26-30-14-9-7-10-15-30/h7-12,14-17,19-22H,13,18,23-29H2,1-6H3. The molecule has 0 radical (unpaired) electrons. The number of benzene rings is 3. The average Bonchev–Trinajstić information content (AvgIpc) is 3.59. The lowest BCUT2D eigenvalue weighted by atomic mass is 10.0. The second-order valence-corrected chi connectivity index (χ2v) is 18.4. The third-order valence-corrected chi connectivity index (χ3v) is 13.9. The molecule has 0 N–H and O–H groups in total. The van der Waals surface area contributed by atoms with E-state index in [1.54, 1.807) is 0 Å². The summed E-state index contributed by atoms with van der Waals surface area (Å²) in [7, 11) is 0.403. The molecule has 5 nitrogen and oxygen atoms in total. The van der Waals surface area contributed by atoms with Crippen LogP contribution in [0.25, 0.3) is 11.3 Å². The molecule has 0 saturated carbocycles. The molecule has 0 bridgehead atoms. The molecular formula is C38H50N2O3Si. The maximum atomic E-state index is 6.45. The molecule has 0 atom stereocenters. The van der Waals surface area contributed by atoms with Crippen LogP contribution in [-0.4, -0.2) is 33.1 Å². The van der Waals surface area contributed by atoms with E-state index >= 15 is 0 Å². The fraction of sp³-hybridized carbons (Fsp3) is 0.421. The molecule has 1 aliphatic heterocycles. The maximum Gasteiger partial charge on any atom is 0.192 e. The van der Waals surface area contributed by atoms with Crippen LogP contribution in [0.2, 0.25) is 18.1 Å². The van der Waals surface area contributed by atoms with Crippen molar-refractivity contribution in [3.63, 3.8) is 0 Å². The second-order valence-electron chi connectivity index (χ2n) is 13.5. The Kier molecular flexibility index (Phi) is 10.5. The van der Waals surface area contributed by atoms with Gasteiger partial charge in [0, 0.05) is 42.6 Å². The normalized spacial score (nSPS) is 13.3. The van der Waals surface area contributed by atoms with E-state index < -0.39 is 8.32 Å². The first-order chi connectivity index (χ1) is 21.1. The van der Waals surface area contributed by atoms with E-state index in [-0.39, 0.29) is 5.04 Å². The molecule has 0 aliphatic carbocycles. The lowest BCUT2D eigenvalue weighted by Crippen LogP contribution is -2.42.